The summed E-state index contributed by atoms with van der Waals surface area (Å²) in [6, 6.07) is 0. The van der Waals surface area contributed by atoms with E-state index in [1.807, 2.05) is 0 Å². The summed E-state index contributed by atoms with van der Waals surface area (Å²) >= 11 is 0. The molecule has 2 aliphatic rings. The van der Waals surface area contributed by atoms with Crippen LogP contribution in [0.2, 0.25) is 0 Å². The molecule has 2 aliphatic carbocycles. The zero-order chi connectivity index (χ0) is 11.1. The third kappa shape index (κ3) is 1.39. The van der Waals surface area contributed by atoms with Crippen molar-refractivity contribution in [2.45, 2.75) is 38.4 Å². The summed E-state index contributed by atoms with van der Waals surface area (Å²) in [7, 11) is 3.25. The molecule has 0 atom stereocenters. The number of hydrogen-bond acceptors (Lipinski definition) is 3. The van der Waals surface area contributed by atoms with Crippen LogP contribution in [0.15, 0.2) is 0 Å². The maximum Gasteiger partial charge on any atom is 0.309 e. The van der Waals surface area contributed by atoms with E-state index in [9.17, 15) is 9.90 Å². The first kappa shape index (κ1) is 10.9. The first-order valence-corrected chi connectivity index (χ1v) is 5.38. The Morgan fingerprint density at radius 2 is 1.73 bits per heavy atom. The van der Waals surface area contributed by atoms with Gasteiger partial charge in [0.1, 0.15) is 0 Å². The van der Waals surface area contributed by atoms with Gasteiger partial charge in [-0.3, -0.25) is 4.79 Å². The minimum absolute atomic E-state index is 0.0537. The lowest BCUT2D eigenvalue weighted by molar-refractivity contribution is -0.175. The van der Waals surface area contributed by atoms with Gasteiger partial charge >= 0.3 is 5.97 Å². The topological polar surface area (TPSA) is 55.8 Å². The molecule has 4 nitrogen and oxygen atoms in total. The number of carbonyl (C=O) groups is 1. The van der Waals surface area contributed by atoms with E-state index in [4.69, 9.17) is 9.47 Å². The van der Waals surface area contributed by atoms with Gasteiger partial charge in [0, 0.05) is 19.6 Å². The van der Waals surface area contributed by atoms with Crippen molar-refractivity contribution in [3.05, 3.63) is 0 Å². The third-order valence-electron chi connectivity index (χ3n) is 4.28. The van der Waals surface area contributed by atoms with E-state index < -0.39 is 11.4 Å². The summed E-state index contributed by atoms with van der Waals surface area (Å²) in [6.45, 7) is 0. The molecule has 0 aromatic heterocycles. The fourth-order valence-corrected chi connectivity index (χ4v) is 3.46. The number of aliphatic carboxylic acids is 1. The summed E-state index contributed by atoms with van der Waals surface area (Å²) in [6.07, 6.45) is 3.82. The molecule has 1 N–H and O–H groups in total. The molecule has 0 spiro atoms. The monoisotopic (exact) mass is 214 g/mol. The molecule has 86 valence electrons. The van der Waals surface area contributed by atoms with E-state index in [1.54, 1.807) is 14.2 Å². The number of carboxylic acids is 1. The van der Waals surface area contributed by atoms with E-state index in [-0.39, 0.29) is 11.7 Å². The quantitative estimate of drug-likeness (QED) is 0.723. The van der Waals surface area contributed by atoms with Crippen LogP contribution in [-0.4, -0.2) is 31.6 Å². The van der Waals surface area contributed by atoms with Gasteiger partial charge in [-0.1, -0.05) is 0 Å². The van der Waals surface area contributed by atoms with Crippen LogP contribution in [-0.2, 0) is 14.3 Å². The smallest absolute Gasteiger partial charge is 0.309 e. The van der Waals surface area contributed by atoms with E-state index in [1.165, 1.54) is 0 Å². The van der Waals surface area contributed by atoms with Gasteiger partial charge in [-0.2, -0.15) is 0 Å². The van der Waals surface area contributed by atoms with Gasteiger partial charge in [0.15, 0.2) is 6.29 Å². The Balaban J connectivity index is 2.19. The van der Waals surface area contributed by atoms with Crippen molar-refractivity contribution in [2.24, 2.45) is 10.8 Å². The van der Waals surface area contributed by atoms with Crippen LogP contribution in [0.3, 0.4) is 0 Å². The Labute approximate surface area is 89.6 Å². The Kier molecular flexibility index (Phi) is 2.51. The maximum atomic E-state index is 11.2. The van der Waals surface area contributed by atoms with Gasteiger partial charge in [-0.25, -0.2) is 0 Å². The SMILES string of the molecule is COC(OC)C12CCC(C(=O)O)(CC1)C2. The van der Waals surface area contributed by atoms with E-state index in [0.29, 0.717) is 6.42 Å². The van der Waals surface area contributed by atoms with Gasteiger partial charge in [0.2, 0.25) is 0 Å². The molecule has 2 rings (SSSR count). The van der Waals surface area contributed by atoms with Crippen molar-refractivity contribution in [2.75, 3.05) is 14.2 Å². The third-order valence-corrected chi connectivity index (χ3v) is 4.28. The average molecular weight is 214 g/mol. The second kappa shape index (κ2) is 3.46. The van der Waals surface area contributed by atoms with Crippen LogP contribution in [0.4, 0.5) is 0 Å². The van der Waals surface area contributed by atoms with Crippen molar-refractivity contribution < 1.29 is 19.4 Å². The largest absolute Gasteiger partial charge is 0.481 e. The van der Waals surface area contributed by atoms with Crippen molar-refractivity contribution in [1.29, 1.82) is 0 Å². The fourth-order valence-electron chi connectivity index (χ4n) is 3.46. The van der Waals surface area contributed by atoms with Crippen LogP contribution >= 0.6 is 0 Å². The van der Waals surface area contributed by atoms with Gasteiger partial charge in [-0.05, 0) is 32.1 Å². The molecule has 2 bridgehead atoms. The number of methoxy groups -OCH3 is 2. The highest BCUT2D eigenvalue weighted by atomic mass is 16.7. The molecular formula is C11H18O4. The Hall–Kier alpha value is -0.610. The van der Waals surface area contributed by atoms with E-state index in [0.717, 1.165) is 25.7 Å². The van der Waals surface area contributed by atoms with Crippen LogP contribution in [0.25, 0.3) is 0 Å². The molecule has 0 saturated heterocycles. The zero-order valence-electron chi connectivity index (χ0n) is 9.28. The number of fused-ring (bicyclic) bond motifs is 2. The highest BCUT2D eigenvalue weighted by molar-refractivity contribution is 5.76. The predicted molar refractivity (Wildman–Crippen MR) is 53.4 cm³/mol. The highest BCUT2D eigenvalue weighted by Gasteiger charge is 2.61. The first-order valence-electron chi connectivity index (χ1n) is 5.38. The summed E-state index contributed by atoms with van der Waals surface area (Å²) in [5.74, 6) is -0.646. The lowest BCUT2D eigenvalue weighted by atomic mass is 9.81. The Morgan fingerprint density at radius 3 is 2.07 bits per heavy atom. The van der Waals surface area contributed by atoms with Crippen molar-refractivity contribution in [1.82, 2.24) is 0 Å². The van der Waals surface area contributed by atoms with Gasteiger partial charge in [-0.15, -0.1) is 0 Å². The van der Waals surface area contributed by atoms with Gasteiger partial charge < -0.3 is 14.6 Å². The Bertz CT molecular complexity index is 262. The van der Waals surface area contributed by atoms with Crippen LogP contribution < -0.4 is 0 Å². The van der Waals surface area contributed by atoms with E-state index in [2.05, 4.69) is 0 Å². The molecular weight excluding hydrogens is 196 g/mol. The van der Waals surface area contributed by atoms with Crippen LogP contribution in [0.5, 0.6) is 0 Å². The first-order chi connectivity index (χ1) is 7.08. The molecule has 0 aromatic carbocycles. The second-order valence-electron chi connectivity index (χ2n) is 4.93. The average Bonchev–Trinajstić information content (AvgIpc) is 2.77. The number of hydrogen-bond donors (Lipinski definition) is 1. The lowest BCUT2D eigenvalue weighted by Gasteiger charge is -2.33. The van der Waals surface area contributed by atoms with Crippen molar-refractivity contribution in [3.63, 3.8) is 0 Å². The minimum atomic E-state index is -0.646. The molecule has 0 aliphatic heterocycles. The molecule has 0 heterocycles. The predicted octanol–water partition coefficient (Wildman–Crippen LogP) is 1.64. The zero-order valence-corrected chi connectivity index (χ0v) is 9.28. The molecule has 0 aromatic rings. The second-order valence-corrected chi connectivity index (χ2v) is 4.93. The normalized spacial score (nSPS) is 38.9. The van der Waals surface area contributed by atoms with Crippen LogP contribution in [0, 0.1) is 10.8 Å². The van der Waals surface area contributed by atoms with Gasteiger partial charge in [0.05, 0.1) is 5.41 Å². The maximum absolute atomic E-state index is 11.2. The van der Waals surface area contributed by atoms with Crippen molar-refractivity contribution >= 4 is 5.97 Å². The number of carboxylic acid groups (broad SMARTS) is 1. The molecule has 15 heavy (non-hydrogen) atoms. The van der Waals surface area contributed by atoms with Crippen molar-refractivity contribution in [3.8, 4) is 0 Å². The summed E-state index contributed by atoms with van der Waals surface area (Å²) in [5, 5.41) is 9.25. The summed E-state index contributed by atoms with van der Waals surface area (Å²) in [5.41, 5.74) is -0.544. The molecule has 0 radical (unpaired) electrons. The molecule has 2 fully saturated rings. The Morgan fingerprint density at radius 1 is 1.20 bits per heavy atom. The fraction of sp³-hybridized carbons (Fsp3) is 0.909. The standard InChI is InChI=1S/C11H18O4/c1-14-9(15-2)11-5-3-10(7-11,4-6-11)8(12)13/h9H,3-7H2,1-2H3,(H,12,13). The lowest BCUT2D eigenvalue weighted by Crippen LogP contribution is -2.34. The van der Waals surface area contributed by atoms with E-state index >= 15 is 0 Å². The molecule has 0 amide bonds. The highest BCUT2D eigenvalue weighted by Crippen LogP contribution is 2.63. The molecule has 0 unspecified atom stereocenters. The van der Waals surface area contributed by atoms with Gasteiger partial charge in [0.25, 0.3) is 0 Å². The number of ether oxygens (including phenoxy) is 2. The number of rotatable bonds is 4. The minimum Gasteiger partial charge on any atom is -0.481 e. The molecule has 4 heteroatoms. The summed E-state index contributed by atoms with van der Waals surface area (Å²) < 4.78 is 10.6. The molecule has 2 saturated carbocycles. The van der Waals surface area contributed by atoms with Crippen LogP contribution in [0.1, 0.15) is 32.1 Å². The summed E-state index contributed by atoms with van der Waals surface area (Å²) in [4.78, 5) is 11.2.